The second-order valence-electron chi connectivity index (χ2n) is 7.07. The van der Waals surface area contributed by atoms with E-state index in [0.717, 1.165) is 12.8 Å². The molecule has 21 heavy (non-hydrogen) atoms. The van der Waals surface area contributed by atoms with Crippen molar-refractivity contribution in [1.82, 2.24) is 4.31 Å². The summed E-state index contributed by atoms with van der Waals surface area (Å²) in [5.74, 6) is -1.66. The van der Waals surface area contributed by atoms with Crippen LogP contribution in [0.5, 0.6) is 0 Å². The van der Waals surface area contributed by atoms with Gasteiger partial charge in [-0.1, -0.05) is 19.3 Å². The van der Waals surface area contributed by atoms with Gasteiger partial charge in [-0.05, 0) is 43.9 Å². The minimum atomic E-state index is -3.45. The van der Waals surface area contributed by atoms with Crippen LogP contribution < -0.4 is 0 Å². The Hall–Kier alpha value is -0.620. The minimum absolute atomic E-state index is 0.383. The molecule has 1 N–H and O–H groups in total. The quantitative estimate of drug-likeness (QED) is 0.866. The summed E-state index contributed by atoms with van der Waals surface area (Å²) in [4.78, 5) is 11.3. The van der Waals surface area contributed by atoms with Crippen molar-refractivity contribution in [2.75, 3.05) is 13.1 Å². The highest BCUT2D eigenvalue weighted by atomic mass is 32.2. The van der Waals surface area contributed by atoms with Gasteiger partial charge in [-0.3, -0.25) is 4.79 Å². The molecule has 1 heterocycles. The van der Waals surface area contributed by atoms with E-state index in [0.29, 0.717) is 37.8 Å². The lowest BCUT2D eigenvalue weighted by molar-refractivity contribution is -0.141. The first-order chi connectivity index (χ1) is 9.95. The van der Waals surface area contributed by atoms with Crippen molar-refractivity contribution in [3.8, 4) is 0 Å². The molecule has 3 rings (SSSR count). The molecule has 2 unspecified atom stereocenters. The van der Waals surface area contributed by atoms with Gasteiger partial charge in [0.1, 0.15) is 0 Å². The molecule has 1 aliphatic heterocycles. The number of rotatable bonds is 3. The lowest BCUT2D eigenvalue weighted by Gasteiger charge is -2.40. The van der Waals surface area contributed by atoms with Crippen LogP contribution in [0.15, 0.2) is 0 Å². The normalized spacial score (nSPS) is 33.5. The summed E-state index contributed by atoms with van der Waals surface area (Å²) >= 11 is 0. The fourth-order valence-corrected chi connectivity index (χ4v) is 6.80. The molecule has 3 aliphatic rings. The molecule has 0 radical (unpaired) electrons. The van der Waals surface area contributed by atoms with E-state index in [4.69, 9.17) is 0 Å². The zero-order valence-electron chi connectivity index (χ0n) is 12.5. The summed E-state index contributed by atoms with van der Waals surface area (Å²) in [7, 11) is -3.45. The zero-order valence-corrected chi connectivity index (χ0v) is 13.3. The average Bonchev–Trinajstić information content (AvgIpc) is 3.09. The smallest absolute Gasteiger partial charge is 0.307 e. The Labute approximate surface area is 126 Å². The Morgan fingerprint density at radius 3 is 2.19 bits per heavy atom. The van der Waals surface area contributed by atoms with E-state index >= 15 is 0 Å². The average molecular weight is 315 g/mol. The van der Waals surface area contributed by atoms with Crippen LogP contribution in [0.2, 0.25) is 0 Å². The number of hydrogen-bond donors (Lipinski definition) is 1. The molecule has 2 aliphatic carbocycles. The van der Waals surface area contributed by atoms with E-state index in [1.54, 1.807) is 4.31 Å². The molecule has 1 saturated heterocycles. The first-order valence-corrected chi connectivity index (χ1v) is 9.67. The van der Waals surface area contributed by atoms with E-state index in [1.165, 1.54) is 25.7 Å². The van der Waals surface area contributed by atoms with Crippen LogP contribution in [0.4, 0.5) is 0 Å². The first kappa shape index (κ1) is 15.3. The number of sulfonamides is 1. The van der Waals surface area contributed by atoms with Gasteiger partial charge in [0.15, 0.2) is 0 Å². The Morgan fingerprint density at radius 1 is 1.00 bits per heavy atom. The Bertz CT molecular complexity index is 500. The van der Waals surface area contributed by atoms with Crippen LogP contribution in [0.25, 0.3) is 0 Å². The van der Waals surface area contributed by atoms with Crippen LogP contribution in [-0.4, -0.2) is 42.1 Å². The molecule has 0 bridgehead atoms. The van der Waals surface area contributed by atoms with Crippen molar-refractivity contribution in [3.63, 3.8) is 0 Å². The lowest BCUT2D eigenvalue weighted by Crippen LogP contribution is -2.47. The van der Waals surface area contributed by atoms with Gasteiger partial charge in [0, 0.05) is 13.1 Å². The third kappa shape index (κ3) is 2.72. The van der Waals surface area contributed by atoms with Crippen molar-refractivity contribution in [3.05, 3.63) is 0 Å². The maximum absolute atomic E-state index is 12.8. The fourth-order valence-electron chi connectivity index (χ4n) is 4.60. The second kappa shape index (κ2) is 5.54. The van der Waals surface area contributed by atoms with Gasteiger partial charge in [-0.2, -0.15) is 0 Å². The highest BCUT2D eigenvalue weighted by Crippen LogP contribution is 2.47. The molecule has 5 nitrogen and oxygen atoms in total. The first-order valence-electron chi connectivity index (χ1n) is 8.16. The molecule has 2 saturated carbocycles. The van der Waals surface area contributed by atoms with Crippen molar-refractivity contribution < 1.29 is 18.3 Å². The van der Waals surface area contributed by atoms with Gasteiger partial charge in [0.05, 0.1) is 11.2 Å². The number of piperidine rings is 1. The SMILES string of the molecule is O=C(O)C1CCCC1S(=O)(=O)N1CCC2(CCCC2)CC1. The number of aliphatic carboxylic acids is 1. The van der Waals surface area contributed by atoms with Gasteiger partial charge < -0.3 is 5.11 Å². The molecule has 0 aromatic heterocycles. The molecule has 6 heteroatoms. The monoisotopic (exact) mass is 315 g/mol. The lowest BCUT2D eigenvalue weighted by atomic mass is 9.78. The summed E-state index contributed by atoms with van der Waals surface area (Å²) in [6.07, 6.45) is 8.64. The second-order valence-corrected chi connectivity index (χ2v) is 9.22. The molecule has 0 aromatic rings. The maximum Gasteiger partial charge on any atom is 0.307 e. The van der Waals surface area contributed by atoms with E-state index < -0.39 is 27.2 Å². The molecule has 0 amide bonds. The van der Waals surface area contributed by atoms with Crippen LogP contribution in [-0.2, 0) is 14.8 Å². The predicted octanol–water partition coefficient (Wildman–Crippen LogP) is 2.23. The van der Waals surface area contributed by atoms with E-state index in [-0.39, 0.29) is 0 Å². The van der Waals surface area contributed by atoms with Crippen LogP contribution in [0.1, 0.15) is 57.8 Å². The Kier molecular flexibility index (Phi) is 4.03. The number of nitrogens with zero attached hydrogens (tertiary/aromatic N) is 1. The van der Waals surface area contributed by atoms with Gasteiger partial charge in [-0.25, -0.2) is 12.7 Å². The summed E-state index contributed by atoms with van der Waals surface area (Å²) in [6, 6.07) is 0. The Balaban J connectivity index is 1.70. The highest BCUT2D eigenvalue weighted by Gasteiger charge is 2.47. The van der Waals surface area contributed by atoms with E-state index in [9.17, 15) is 18.3 Å². The third-order valence-electron chi connectivity index (χ3n) is 5.96. The summed E-state index contributed by atoms with van der Waals surface area (Å²) in [5.41, 5.74) is 0.383. The Morgan fingerprint density at radius 2 is 1.62 bits per heavy atom. The van der Waals surface area contributed by atoms with Gasteiger partial charge in [0.25, 0.3) is 0 Å². The summed E-state index contributed by atoms with van der Waals surface area (Å²) in [6.45, 7) is 1.18. The van der Waals surface area contributed by atoms with E-state index in [1.807, 2.05) is 0 Å². The summed E-state index contributed by atoms with van der Waals surface area (Å²) < 4.78 is 27.1. The van der Waals surface area contributed by atoms with E-state index in [2.05, 4.69) is 0 Å². The predicted molar refractivity (Wildman–Crippen MR) is 79.4 cm³/mol. The van der Waals surface area contributed by atoms with Crippen molar-refractivity contribution in [2.45, 2.75) is 63.0 Å². The summed E-state index contributed by atoms with van der Waals surface area (Å²) in [5, 5.41) is 8.53. The zero-order chi connectivity index (χ0) is 15.1. The van der Waals surface area contributed by atoms with Gasteiger partial charge in [-0.15, -0.1) is 0 Å². The molecule has 120 valence electrons. The number of carboxylic acid groups (broad SMARTS) is 1. The fraction of sp³-hybridized carbons (Fsp3) is 0.933. The van der Waals surface area contributed by atoms with Gasteiger partial charge >= 0.3 is 5.97 Å². The third-order valence-corrected chi connectivity index (χ3v) is 8.37. The molecular weight excluding hydrogens is 290 g/mol. The van der Waals surface area contributed by atoms with Crippen molar-refractivity contribution >= 4 is 16.0 Å². The number of carboxylic acids is 1. The van der Waals surface area contributed by atoms with Crippen LogP contribution >= 0.6 is 0 Å². The number of carbonyl (C=O) groups is 1. The highest BCUT2D eigenvalue weighted by molar-refractivity contribution is 7.89. The standard InChI is InChI=1S/C15H25NO4S/c17-14(18)12-4-3-5-13(12)21(19,20)16-10-8-15(9-11-16)6-1-2-7-15/h12-13H,1-11H2,(H,17,18). The largest absolute Gasteiger partial charge is 0.481 e. The molecule has 3 fully saturated rings. The topological polar surface area (TPSA) is 74.7 Å². The van der Waals surface area contributed by atoms with Crippen LogP contribution in [0.3, 0.4) is 0 Å². The molecular formula is C15H25NO4S. The molecule has 2 atom stereocenters. The molecule has 0 aromatic carbocycles. The molecule has 1 spiro atoms. The number of hydrogen-bond acceptors (Lipinski definition) is 3. The van der Waals surface area contributed by atoms with Crippen molar-refractivity contribution in [2.24, 2.45) is 11.3 Å². The maximum atomic E-state index is 12.8. The van der Waals surface area contributed by atoms with Crippen LogP contribution in [0, 0.1) is 11.3 Å². The minimum Gasteiger partial charge on any atom is -0.481 e. The van der Waals surface area contributed by atoms with Crippen molar-refractivity contribution in [1.29, 1.82) is 0 Å². The van der Waals surface area contributed by atoms with Gasteiger partial charge in [0.2, 0.25) is 10.0 Å².